The molecular weight excluding hydrogens is 238 g/mol. The predicted molar refractivity (Wildman–Crippen MR) is 76.1 cm³/mol. The minimum absolute atomic E-state index is 0.492. The van der Waals surface area contributed by atoms with Gasteiger partial charge in [0.15, 0.2) is 5.65 Å². The molecule has 0 unspecified atom stereocenters. The monoisotopic (exact) mass is 259 g/mol. The van der Waals surface area contributed by atoms with E-state index in [-0.39, 0.29) is 0 Å². The van der Waals surface area contributed by atoms with Crippen LogP contribution in [-0.4, -0.2) is 38.6 Å². The van der Waals surface area contributed by atoms with Gasteiger partial charge in [-0.2, -0.15) is 0 Å². The van der Waals surface area contributed by atoms with Gasteiger partial charge in [-0.3, -0.25) is 4.40 Å². The molecule has 1 saturated heterocycles. The lowest BCUT2D eigenvalue weighted by atomic mass is 9.95. The summed E-state index contributed by atoms with van der Waals surface area (Å²) in [5, 5.41) is 8.59. The first-order chi connectivity index (χ1) is 9.16. The van der Waals surface area contributed by atoms with Gasteiger partial charge in [0.2, 0.25) is 0 Å². The van der Waals surface area contributed by atoms with Gasteiger partial charge in [-0.1, -0.05) is 0 Å². The molecule has 0 spiro atoms. The van der Waals surface area contributed by atoms with E-state index in [9.17, 15) is 0 Å². The standard InChI is InChI=1S/C14H21N5/c1-10(2)18-8-5-11(6-9-18)13-16-17-14-12(15)4-3-7-19(13)14/h3-4,7,10-11H,5-6,8-9,15H2,1-2H3. The van der Waals surface area contributed by atoms with E-state index >= 15 is 0 Å². The maximum Gasteiger partial charge on any atom is 0.183 e. The number of anilines is 1. The molecule has 1 fully saturated rings. The Kier molecular flexibility index (Phi) is 3.14. The number of fused-ring (bicyclic) bond motifs is 1. The number of pyridine rings is 1. The minimum Gasteiger partial charge on any atom is -0.396 e. The molecule has 19 heavy (non-hydrogen) atoms. The molecule has 2 N–H and O–H groups in total. The van der Waals surface area contributed by atoms with Crippen molar-refractivity contribution in [2.75, 3.05) is 18.8 Å². The van der Waals surface area contributed by atoms with Crippen LogP contribution in [0, 0.1) is 0 Å². The van der Waals surface area contributed by atoms with Crippen molar-refractivity contribution in [2.45, 2.75) is 38.6 Å². The van der Waals surface area contributed by atoms with Crippen molar-refractivity contribution >= 4 is 11.3 Å². The van der Waals surface area contributed by atoms with Crippen molar-refractivity contribution in [3.63, 3.8) is 0 Å². The molecule has 0 bridgehead atoms. The summed E-state index contributed by atoms with van der Waals surface area (Å²) in [6, 6.07) is 4.46. The normalized spacial score (nSPS) is 18.5. The smallest absolute Gasteiger partial charge is 0.183 e. The second-order valence-corrected chi connectivity index (χ2v) is 5.62. The zero-order valence-electron chi connectivity index (χ0n) is 11.6. The van der Waals surface area contributed by atoms with Crippen LogP contribution in [0.4, 0.5) is 5.69 Å². The Balaban J connectivity index is 1.84. The molecule has 0 radical (unpaired) electrons. The van der Waals surface area contributed by atoms with Crippen LogP contribution >= 0.6 is 0 Å². The van der Waals surface area contributed by atoms with Crippen molar-refractivity contribution < 1.29 is 0 Å². The summed E-state index contributed by atoms with van der Waals surface area (Å²) in [7, 11) is 0. The van der Waals surface area contributed by atoms with E-state index in [1.165, 1.54) is 0 Å². The SMILES string of the molecule is CC(C)N1CCC(c2nnc3c(N)cccn23)CC1. The van der Waals surface area contributed by atoms with Gasteiger partial charge in [-0.15, -0.1) is 10.2 Å². The first-order valence-corrected chi connectivity index (χ1v) is 7.00. The Hall–Kier alpha value is -1.62. The van der Waals surface area contributed by atoms with Crippen molar-refractivity contribution in [3.8, 4) is 0 Å². The Bertz CT molecular complexity index is 566. The van der Waals surface area contributed by atoms with Gasteiger partial charge in [-0.05, 0) is 51.9 Å². The predicted octanol–water partition coefficient (Wildman–Crippen LogP) is 1.90. The quantitative estimate of drug-likeness (QED) is 0.895. The van der Waals surface area contributed by atoms with Crippen molar-refractivity contribution in [1.29, 1.82) is 0 Å². The lowest BCUT2D eigenvalue weighted by Crippen LogP contribution is -2.38. The fourth-order valence-corrected chi connectivity index (χ4v) is 2.91. The lowest BCUT2D eigenvalue weighted by Gasteiger charge is -2.33. The number of aromatic nitrogens is 3. The number of nitrogen functional groups attached to an aromatic ring is 1. The molecule has 3 rings (SSSR count). The first kappa shape index (κ1) is 12.4. The highest BCUT2D eigenvalue weighted by molar-refractivity contribution is 5.63. The van der Waals surface area contributed by atoms with Crippen LogP contribution in [0.1, 0.15) is 38.4 Å². The molecule has 0 saturated carbocycles. The number of piperidine rings is 1. The van der Waals surface area contributed by atoms with E-state index in [2.05, 4.69) is 28.9 Å². The Morgan fingerprint density at radius 1 is 1.26 bits per heavy atom. The summed E-state index contributed by atoms with van der Waals surface area (Å²) < 4.78 is 2.05. The van der Waals surface area contributed by atoms with E-state index < -0.39 is 0 Å². The van der Waals surface area contributed by atoms with Crippen molar-refractivity contribution in [2.24, 2.45) is 0 Å². The molecule has 2 aromatic heterocycles. The van der Waals surface area contributed by atoms with Gasteiger partial charge in [0.25, 0.3) is 0 Å². The van der Waals surface area contributed by atoms with Gasteiger partial charge in [0, 0.05) is 18.2 Å². The maximum absolute atomic E-state index is 5.93. The number of hydrogen-bond donors (Lipinski definition) is 1. The van der Waals surface area contributed by atoms with Gasteiger partial charge in [0.05, 0.1) is 5.69 Å². The number of nitrogens with two attached hydrogens (primary N) is 1. The molecule has 3 heterocycles. The van der Waals surface area contributed by atoms with E-state index in [1.54, 1.807) is 0 Å². The summed E-state index contributed by atoms with van der Waals surface area (Å²) in [4.78, 5) is 2.52. The average Bonchev–Trinajstić information content (AvgIpc) is 2.84. The number of rotatable bonds is 2. The summed E-state index contributed by atoms with van der Waals surface area (Å²) in [5.41, 5.74) is 7.41. The third-order valence-electron chi connectivity index (χ3n) is 4.12. The van der Waals surface area contributed by atoms with E-state index in [1.807, 2.05) is 22.7 Å². The molecule has 1 aliphatic rings. The highest BCUT2D eigenvalue weighted by atomic mass is 15.3. The summed E-state index contributed by atoms with van der Waals surface area (Å²) >= 11 is 0. The van der Waals surface area contributed by atoms with E-state index in [0.29, 0.717) is 17.6 Å². The van der Waals surface area contributed by atoms with Crippen LogP contribution in [0.15, 0.2) is 18.3 Å². The molecule has 2 aromatic rings. The van der Waals surface area contributed by atoms with Crippen molar-refractivity contribution in [1.82, 2.24) is 19.5 Å². The van der Waals surface area contributed by atoms with Crippen LogP contribution in [-0.2, 0) is 0 Å². The molecule has 0 atom stereocenters. The Labute approximate surface area is 113 Å². The molecule has 102 valence electrons. The largest absolute Gasteiger partial charge is 0.396 e. The molecule has 0 aromatic carbocycles. The molecular formula is C14H21N5. The number of hydrogen-bond acceptors (Lipinski definition) is 4. The summed E-state index contributed by atoms with van der Waals surface area (Å²) in [5.74, 6) is 1.55. The van der Waals surface area contributed by atoms with Crippen LogP contribution in [0.2, 0.25) is 0 Å². The molecule has 5 nitrogen and oxygen atoms in total. The van der Waals surface area contributed by atoms with Crippen LogP contribution in [0.5, 0.6) is 0 Å². The zero-order valence-corrected chi connectivity index (χ0v) is 11.6. The van der Waals surface area contributed by atoms with Gasteiger partial charge in [0.1, 0.15) is 5.82 Å². The summed E-state index contributed by atoms with van der Waals surface area (Å²) in [6.07, 6.45) is 4.30. The lowest BCUT2D eigenvalue weighted by molar-refractivity contribution is 0.169. The maximum atomic E-state index is 5.93. The second-order valence-electron chi connectivity index (χ2n) is 5.62. The van der Waals surface area contributed by atoms with Crippen molar-refractivity contribution in [3.05, 3.63) is 24.2 Å². The highest BCUT2D eigenvalue weighted by Gasteiger charge is 2.25. The molecule has 0 amide bonds. The third-order valence-corrected chi connectivity index (χ3v) is 4.12. The van der Waals surface area contributed by atoms with Gasteiger partial charge in [-0.25, -0.2) is 0 Å². The Morgan fingerprint density at radius 3 is 2.68 bits per heavy atom. The summed E-state index contributed by atoms with van der Waals surface area (Å²) in [6.45, 7) is 6.79. The number of likely N-dealkylation sites (tertiary alicyclic amines) is 1. The van der Waals surface area contributed by atoms with Crippen LogP contribution < -0.4 is 5.73 Å². The molecule has 1 aliphatic heterocycles. The Morgan fingerprint density at radius 2 is 2.00 bits per heavy atom. The topological polar surface area (TPSA) is 59.5 Å². The zero-order chi connectivity index (χ0) is 13.4. The van der Waals surface area contributed by atoms with Crippen LogP contribution in [0.25, 0.3) is 5.65 Å². The first-order valence-electron chi connectivity index (χ1n) is 7.00. The van der Waals surface area contributed by atoms with E-state index in [0.717, 1.165) is 37.4 Å². The highest BCUT2D eigenvalue weighted by Crippen LogP contribution is 2.28. The van der Waals surface area contributed by atoms with Gasteiger partial charge < -0.3 is 10.6 Å². The fraction of sp³-hybridized carbons (Fsp3) is 0.571. The van der Waals surface area contributed by atoms with Gasteiger partial charge >= 0.3 is 0 Å². The number of nitrogens with zero attached hydrogens (tertiary/aromatic N) is 4. The van der Waals surface area contributed by atoms with E-state index in [4.69, 9.17) is 5.73 Å². The fourth-order valence-electron chi connectivity index (χ4n) is 2.91. The minimum atomic E-state index is 0.492. The molecule has 5 heteroatoms. The molecule has 0 aliphatic carbocycles. The van der Waals surface area contributed by atoms with Crippen LogP contribution in [0.3, 0.4) is 0 Å². The second kappa shape index (κ2) is 4.81. The third kappa shape index (κ3) is 2.18. The average molecular weight is 259 g/mol.